The van der Waals surface area contributed by atoms with Gasteiger partial charge in [0.1, 0.15) is 5.75 Å². The molecule has 2 aromatic rings. The Labute approximate surface area is 172 Å². The SMILES string of the molecule is CCc1ccc(OCC(=O)N(C)Cc2c(C)nn([C@@H]3CCS(=O)(=O)C3)c2C)cc1. The summed E-state index contributed by atoms with van der Waals surface area (Å²) in [5.74, 6) is 0.889. The number of aromatic nitrogens is 2. The first-order valence-corrected chi connectivity index (χ1v) is 11.7. The molecule has 1 aromatic heterocycles. The fourth-order valence-electron chi connectivity index (χ4n) is 3.65. The summed E-state index contributed by atoms with van der Waals surface area (Å²) in [6.07, 6.45) is 1.55. The molecule has 1 amide bonds. The van der Waals surface area contributed by atoms with Gasteiger partial charge in [-0.3, -0.25) is 9.48 Å². The van der Waals surface area contributed by atoms with Crippen LogP contribution in [0.4, 0.5) is 0 Å². The molecule has 1 aromatic carbocycles. The standard InChI is InChI=1S/C21H29N3O4S/c1-5-17-6-8-19(9-7-17)28-13-21(25)23(4)12-20-15(2)22-24(16(20)3)18-10-11-29(26,27)14-18/h6-9,18H,5,10-14H2,1-4H3/t18-/m1/s1. The smallest absolute Gasteiger partial charge is 0.260 e. The average molecular weight is 420 g/mol. The Morgan fingerprint density at radius 1 is 1.28 bits per heavy atom. The van der Waals surface area contributed by atoms with Crippen LogP contribution >= 0.6 is 0 Å². The molecule has 2 heterocycles. The first-order chi connectivity index (χ1) is 13.7. The third kappa shape index (κ3) is 4.98. The van der Waals surface area contributed by atoms with Gasteiger partial charge < -0.3 is 9.64 Å². The third-order valence-electron chi connectivity index (χ3n) is 5.54. The predicted molar refractivity (Wildman–Crippen MR) is 112 cm³/mol. The van der Waals surface area contributed by atoms with Crippen LogP contribution in [0.3, 0.4) is 0 Å². The highest BCUT2D eigenvalue weighted by atomic mass is 32.2. The number of ether oxygens (including phenoxy) is 1. The van der Waals surface area contributed by atoms with Gasteiger partial charge in [0.15, 0.2) is 16.4 Å². The molecule has 29 heavy (non-hydrogen) atoms. The average Bonchev–Trinajstić information content (AvgIpc) is 3.19. The summed E-state index contributed by atoms with van der Waals surface area (Å²) in [5.41, 5.74) is 3.92. The molecular formula is C21H29N3O4S. The molecule has 1 aliphatic heterocycles. The van der Waals surface area contributed by atoms with E-state index in [-0.39, 0.29) is 30.1 Å². The van der Waals surface area contributed by atoms with Crippen molar-refractivity contribution in [1.82, 2.24) is 14.7 Å². The lowest BCUT2D eigenvalue weighted by atomic mass is 10.1. The summed E-state index contributed by atoms with van der Waals surface area (Å²) in [6, 6.07) is 7.62. The largest absolute Gasteiger partial charge is 0.484 e. The van der Waals surface area contributed by atoms with Crippen LogP contribution in [0.2, 0.25) is 0 Å². The maximum atomic E-state index is 12.5. The topological polar surface area (TPSA) is 81.5 Å². The van der Waals surface area contributed by atoms with Crippen LogP contribution in [0.15, 0.2) is 24.3 Å². The highest BCUT2D eigenvalue weighted by molar-refractivity contribution is 7.91. The van der Waals surface area contributed by atoms with Gasteiger partial charge in [-0.2, -0.15) is 5.10 Å². The van der Waals surface area contributed by atoms with Gasteiger partial charge in [-0.15, -0.1) is 0 Å². The monoisotopic (exact) mass is 419 g/mol. The van der Waals surface area contributed by atoms with Gasteiger partial charge in [0.25, 0.3) is 5.91 Å². The highest BCUT2D eigenvalue weighted by Crippen LogP contribution is 2.27. The van der Waals surface area contributed by atoms with E-state index < -0.39 is 9.84 Å². The number of likely N-dealkylation sites (N-methyl/N-ethyl adjacent to an activating group) is 1. The van der Waals surface area contributed by atoms with E-state index in [1.54, 1.807) is 11.9 Å². The van der Waals surface area contributed by atoms with E-state index in [0.717, 1.165) is 23.4 Å². The molecule has 1 fully saturated rings. The molecule has 0 unspecified atom stereocenters. The molecule has 3 rings (SSSR count). The molecule has 1 aliphatic rings. The van der Waals surface area contributed by atoms with Crippen molar-refractivity contribution in [2.45, 2.75) is 46.2 Å². The predicted octanol–water partition coefficient (Wildman–Crippen LogP) is 2.46. The minimum absolute atomic E-state index is 0.0327. The Morgan fingerprint density at radius 2 is 1.97 bits per heavy atom. The van der Waals surface area contributed by atoms with Crippen molar-refractivity contribution >= 4 is 15.7 Å². The molecule has 1 atom stereocenters. The van der Waals surface area contributed by atoms with E-state index in [4.69, 9.17) is 4.74 Å². The van der Waals surface area contributed by atoms with Gasteiger partial charge >= 0.3 is 0 Å². The molecule has 1 saturated heterocycles. The summed E-state index contributed by atoms with van der Waals surface area (Å²) in [6.45, 7) is 6.30. The number of carbonyl (C=O) groups is 1. The summed E-state index contributed by atoms with van der Waals surface area (Å²) >= 11 is 0. The van der Waals surface area contributed by atoms with E-state index in [1.807, 2.05) is 42.8 Å². The van der Waals surface area contributed by atoms with Gasteiger partial charge in [0.05, 0.1) is 23.2 Å². The van der Waals surface area contributed by atoms with E-state index in [2.05, 4.69) is 12.0 Å². The number of nitrogens with zero attached hydrogens (tertiary/aromatic N) is 3. The Hall–Kier alpha value is -2.35. The van der Waals surface area contributed by atoms with Crippen molar-refractivity contribution in [3.05, 3.63) is 46.8 Å². The van der Waals surface area contributed by atoms with Gasteiger partial charge in [-0.25, -0.2) is 8.42 Å². The number of benzene rings is 1. The van der Waals surface area contributed by atoms with E-state index in [1.165, 1.54) is 5.56 Å². The van der Waals surface area contributed by atoms with Crippen molar-refractivity contribution in [3.8, 4) is 5.75 Å². The van der Waals surface area contributed by atoms with Crippen LogP contribution in [0.25, 0.3) is 0 Å². The molecule has 0 radical (unpaired) electrons. The number of aryl methyl sites for hydroxylation is 2. The molecule has 8 heteroatoms. The summed E-state index contributed by atoms with van der Waals surface area (Å²) < 4.78 is 31.0. The molecule has 0 saturated carbocycles. The lowest BCUT2D eigenvalue weighted by Gasteiger charge is -2.18. The fourth-order valence-corrected chi connectivity index (χ4v) is 5.34. The van der Waals surface area contributed by atoms with Crippen LogP contribution in [0.5, 0.6) is 5.75 Å². The zero-order chi connectivity index (χ0) is 21.2. The number of sulfone groups is 1. The van der Waals surface area contributed by atoms with Crippen LogP contribution in [0, 0.1) is 13.8 Å². The normalized spacial score (nSPS) is 18.0. The minimum atomic E-state index is -2.98. The maximum Gasteiger partial charge on any atom is 0.260 e. The Bertz CT molecular complexity index is 980. The first-order valence-electron chi connectivity index (χ1n) is 9.91. The van der Waals surface area contributed by atoms with E-state index in [0.29, 0.717) is 18.7 Å². The van der Waals surface area contributed by atoms with Gasteiger partial charge in [-0.05, 0) is 44.4 Å². The quantitative estimate of drug-likeness (QED) is 0.689. The van der Waals surface area contributed by atoms with Crippen molar-refractivity contribution in [1.29, 1.82) is 0 Å². The van der Waals surface area contributed by atoms with Crippen molar-refractivity contribution in [3.63, 3.8) is 0 Å². The van der Waals surface area contributed by atoms with Crippen LogP contribution in [-0.4, -0.2) is 54.2 Å². The van der Waals surface area contributed by atoms with Crippen LogP contribution in [0.1, 0.15) is 41.9 Å². The third-order valence-corrected chi connectivity index (χ3v) is 7.29. The van der Waals surface area contributed by atoms with E-state index in [9.17, 15) is 13.2 Å². The Morgan fingerprint density at radius 3 is 2.55 bits per heavy atom. The van der Waals surface area contributed by atoms with Crippen molar-refractivity contribution in [2.24, 2.45) is 0 Å². The Balaban J connectivity index is 1.62. The lowest BCUT2D eigenvalue weighted by molar-refractivity contribution is -0.132. The second kappa shape index (κ2) is 8.57. The zero-order valence-corrected chi connectivity index (χ0v) is 18.3. The molecule has 0 spiro atoms. The van der Waals surface area contributed by atoms with Crippen molar-refractivity contribution < 1.29 is 17.9 Å². The zero-order valence-electron chi connectivity index (χ0n) is 17.5. The molecule has 7 nitrogen and oxygen atoms in total. The molecular weight excluding hydrogens is 390 g/mol. The van der Waals surface area contributed by atoms with Crippen LogP contribution < -0.4 is 4.74 Å². The first kappa shape index (κ1) is 21.4. The van der Waals surface area contributed by atoms with Gasteiger partial charge in [0, 0.05) is 24.8 Å². The number of hydrogen-bond acceptors (Lipinski definition) is 5. The second-order valence-electron chi connectivity index (χ2n) is 7.69. The molecule has 0 aliphatic carbocycles. The van der Waals surface area contributed by atoms with Crippen LogP contribution in [-0.2, 0) is 27.6 Å². The van der Waals surface area contributed by atoms with Crippen molar-refractivity contribution in [2.75, 3.05) is 25.2 Å². The minimum Gasteiger partial charge on any atom is -0.484 e. The molecule has 0 N–H and O–H groups in total. The fraction of sp³-hybridized carbons (Fsp3) is 0.524. The maximum absolute atomic E-state index is 12.5. The second-order valence-corrected chi connectivity index (χ2v) is 9.92. The highest BCUT2D eigenvalue weighted by Gasteiger charge is 2.31. The number of hydrogen-bond donors (Lipinski definition) is 0. The number of amides is 1. The van der Waals surface area contributed by atoms with E-state index >= 15 is 0 Å². The number of carbonyl (C=O) groups excluding carboxylic acids is 1. The molecule has 0 bridgehead atoms. The van der Waals surface area contributed by atoms with Gasteiger partial charge in [0.2, 0.25) is 0 Å². The number of rotatable bonds is 7. The summed E-state index contributed by atoms with van der Waals surface area (Å²) in [5, 5.41) is 4.56. The molecule has 158 valence electrons. The summed E-state index contributed by atoms with van der Waals surface area (Å²) in [4.78, 5) is 14.1. The Kier molecular flexibility index (Phi) is 6.31. The summed E-state index contributed by atoms with van der Waals surface area (Å²) in [7, 11) is -1.24. The lowest BCUT2D eigenvalue weighted by Crippen LogP contribution is -2.31. The van der Waals surface area contributed by atoms with Gasteiger partial charge in [-0.1, -0.05) is 19.1 Å².